The fourth-order valence-electron chi connectivity index (χ4n) is 3.01. The number of nitrogens with zero attached hydrogens (tertiary/aromatic N) is 2. The second-order valence-corrected chi connectivity index (χ2v) is 6.16. The van der Waals surface area contributed by atoms with Gasteiger partial charge in [0.05, 0.1) is 18.9 Å². The third-order valence-corrected chi connectivity index (χ3v) is 4.27. The minimum Gasteiger partial charge on any atom is -0.497 e. The Hall–Kier alpha value is -3.15. The standard InChI is InChI=1S/C20H21N3O3/c1-13(24)21-17-8-4-16(5-9-17)20-12-19(22-23(20)14(2)25)15-6-10-18(26-3)11-7-15/h4-11,20H,12H2,1-3H3,(H,21,24)/t20-/m1/s1. The SMILES string of the molecule is COc1ccc(C2=NN(C(C)=O)[C@@H](c3ccc(NC(C)=O)cc3)C2)cc1. The summed E-state index contributed by atoms with van der Waals surface area (Å²) >= 11 is 0. The summed E-state index contributed by atoms with van der Waals surface area (Å²) in [6, 6.07) is 15.0. The normalized spacial score (nSPS) is 16.2. The first-order valence-electron chi connectivity index (χ1n) is 8.37. The fourth-order valence-corrected chi connectivity index (χ4v) is 3.01. The predicted octanol–water partition coefficient (Wildman–Crippen LogP) is 3.35. The van der Waals surface area contributed by atoms with E-state index >= 15 is 0 Å². The molecule has 1 N–H and O–H groups in total. The van der Waals surface area contributed by atoms with Crippen LogP contribution < -0.4 is 10.1 Å². The number of carbonyl (C=O) groups excluding carboxylic acids is 2. The maximum atomic E-state index is 12.1. The van der Waals surface area contributed by atoms with Crippen LogP contribution in [0.25, 0.3) is 0 Å². The summed E-state index contributed by atoms with van der Waals surface area (Å²) in [5, 5.41) is 8.79. The lowest BCUT2D eigenvalue weighted by Crippen LogP contribution is -2.24. The molecular weight excluding hydrogens is 330 g/mol. The summed E-state index contributed by atoms with van der Waals surface area (Å²) in [6.45, 7) is 2.98. The Bertz CT molecular complexity index is 842. The maximum absolute atomic E-state index is 12.1. The van der Waals surface area contributed by atoms with Crippen LogP contribution in [-0.4, -0.2) is 29.6 Å². The molecule has 6 heteroatoms. The molecule has 2 aromatic rings. The zero-order valence-corrected chi connectivity index (χ0v) is 15.0. The molecule has 1 atom stereocenters. The van der Waals surface area contributed by atoms with Crippen LogP contribution in [0, 0.1) is 0 Å². The second-order valence-electron chi connectivity index (χ2n) is 6.16. The van der Waals surface area contributed by atoms with Crippen LogP contribution in [0.15, 0.2) is 53.6 Å². The number of anilines is 1. The van der Waals surface area contributed by atoms with Gasteiger partial charge >= 0.3 is 0 Å². The van der Waals surface area contributed by atoms with E-state index in [1.54, 1.807) is 7.11 Å². The molecule has 0 saturated heterocycles. The number of carbonyl (C=O) groups is 2. The first-order chi connectivity index (χ1) is 12.5. The van der Waals surface area contributed by atoms with Crippen molar-refractivity contribution < 1.29 is 14.3 Å². The second kappa shape index (κ2) is 7.39. The van der Waals surface area contributed by atoms with Gasteiger partial charge in [-0.25, -0.2) is 5.01 Å². The summed E-state index contributed by atoms with van der Waals surface area (Å²) in [6.07, 6.45) is 0.630. The minimum atomic E-state index is -0.157. The van der Waals surface area contributed by atoms with E-state index in [4.69, 9.17) is 4.74 Å². The van der Waals surface area contributed by atoms with E-state index in [1.807, 2.05) is 48.5 Å². The van der Waals surface area contributed by atoms with Crippen molar-refractivity contribution in [1.29, 1.82) is 0 Å². The van der Waals surface area contributed by atoms with E-state index in [2.05, 4.69) is 10.4 Å². The summed E-state index contributed by atoms with van der Waals surface area (Å²) in [5.41, 5.74) is 3.53. The molecule has 1 heterocycles. The number of methoxy groups -OCH3 is 1. The molecule has 0 unspecified atom stereocenters. The van der Waals surface area contributed by atoms with Crippen molar-refractivity contribution in [3.05, 3.63) is 59.7 Å². The van der Waals surface area contributed by atoms with Crippen LogP contribution in [0.5, 0.6) is 5.75 Å². The van der Waals surface area contributed by atoms with Gasteiger partial charge in [0, 0.05) is 26.0 Å². The van der Waals surface area contributed by atoms with E-state index in [0.717, 1.165) is 28.3 Å². The number of hydrazone groups is 1. The van der Waals surface area contributed by atoms with Crippen molar-refractivity contribution in [2.45, 2.75) is 26.3 Å². The first kappa shape index (κ1) is 17.7. The van der Waals surface area contributed by atoms with Gasteiger partial charge in [-0.3, -0.25) is 9.59 Å². The largest absolute Gasteiger partial charge is 0.497 e. The summed E-state index contributed by atoms with van der Waals surface area (Å²) < 4.78 is 5.19. The van der Waals surface area contributed by atoms with E-state index < -0.39 is 0 Å². The third kappa shape index (κ3) is 3.74. The molecule has 0 spiro atoms. The Morgan fingerprint density at radius 1 is 1.08 bits per heavy atom. The van der Waals surface area contributed by atoms with Gasteiger partial charge in [0.25, 0.3) is 0 Å². The van der Waals surface area contributed by atoms with Gasteiger partial charge in [-0.2, -0.15) is 5.10 Å². The lowest BCUT2D eigenvalue weighted by molar-refractivity contribution is -0.130. The predicted molar refractivity (Wildman–Crippen MR) is 100 cm³/mol. The van der Waals surface area contributed by atoms with Crippen molar-refractivity contribution in [3.63, 3.8) is 0 Å². The van der Waals surface area contributed by atoms with Gasteiger partial charge in [0.2, 0.25) is 11.8 Å². The molecular formula is C20H21N3O3. The first-order valence-corrected chi connectivity index (χ1v) is 8.37. The quantitative estimate of drug-likeness (QED) is 0.918. The molecule has 3 rings (SSSR count). The number of ether oxygens (including phenoxy) is 1. The molecule has 0 aliphatic carbocycles. The summed E-state index contributed by atoms with van der Waals surface area (Å²) in [4.78, 5) is 23.2. The summed E-state index contributed by atoms with van der Waals surface area (Å²) in [7, 11) is 1.63. The molecule has 0 saturated carbocycles. The van der Waals surface area contributed by atoms with Gasteiger partial charge in [0.1, 0.15) is 5.75 Å². The number of rotatable bonds is 4. The highest BCUT2D eigenvalue weighted by molar-refractivity contribution is 6.03. The third-order valence-electron chi connectivity index (χ3n) is 4.27. The summed E-state index contributed by atoms with van der Waals surface area (Å²) in [5.74, 6) is 0.555. The molecule has 1 aliphatic rings. The van der Waals surface area contributed by atoms with Crippen LogP contribution in [0.1, 0.15) is 37.4 Å². The molecule has 2 aromatic carbocycles. The van der Waals surface area contributed by atoms with E-state index in [0.29, 0.717) is 6.42 Å². The number of benzene rings is 2. The average Bonchev–Trinajstić information content (AvgIpc) is 3.07. The van der Waals surface area contributed by atoms with Crippen molar-refractivity contribution in [1.82, 2.24) is 5.01 Å². The van der Waals surface area contributed by atoms with Crippen molar-refractivity contribution in [2.24, 2.45) is 5.10 Å². The van der Waals surface area contributed by atoms with Crippen LogP contribution in [0.3, 0.4) is 0 Å². The number of amides is 2. The Morgan fingerprint density at radius 2 is 1.73 bits per heavy atom. The molecule has 0 radical (unpaired) electrons. The fraction of sp³-hybridized carbons (Fsp3) is 0.250. The molecule has 1 aliphatic heterocycles. The van der Waals surface area contributed by atoms with Crippen molar-refractivity contribution >= 4 is 23.2 Å². The van der Waals surface area contributed by atoms with E-state index in [9.17, 15) is 9.59 Å². The highest BCUT2D eigenvalue weighted by Crippen LogP contribution is 2.33. The Balaban J connectivity index is 1.84. The lowest BCUT2D eigenvalue weighted by atomic mass is 9.98. The Morgan fingerprint density at radius 3 is 2.27 bits per heavy atom. The highest BCUT2D eigenvalue weighted by atomic mass is 16.5. The molecule has 0 fully saturated rings. The van der Waals surface area contributed by atoms with Gasteiger partial charge in [-0.15, -0.1) is 0 Å². The number of nitrogens with one attached hydrogen (secondary N) is 1. The Labute approximate surface area is 152 Å². The maximum Gasteiger partial charge on any atom is 0.240 e. The van der Waals surface area contributed by atoms with Crippen molar-refractivity contribution in [2.75, 3.05) is 12.4 Å². The molecule has 2 amide bonds. The number of hydrogen-bond donors (Lipinski definition) is 1. The zero-order valence-electron chi connectivity index (χ0n) is 15.0. The van der Waals surface area contributed by atoms with E-state index in [1.165, 1.54) is 18.9 Å². The molecule has 0 aromatic heterocycles. The molecule has 134 valence electrons. The molecule has 6 nitrogen and oxygen atoms in total. The molecule has 26 heavy (non-hydrogen) atoms. The zero-order chi connectivity index (χ0) is 18.7. The Kier molecular flexibility index (Phi) is 5.02. The van der Waals surface area contributed by atoms with Gasteiger partial charge in [0.15, 0.2) is 0 Å². The van der Waals surface area contributed by atoms with Gasteiger partial charge in [-0.05, 0) is 47.5 Å². The van der Waals surface area contributed by atoms with Gasteiger partial charge < -0.3 is 10.1 Å². The van der Waals surface area contributed by atoms with Crippen molar-refractivity contribution in [3.8, 4) is 5.75 Å². The monoisotopic (exact) mass is 351 g/mol. The highest BCUT2D eigenvalue weighted by Gasteiger charge is 2.31. The van der Waals surface area contributed by atoms with Crippen LogP contribution in [0.4, 0.5) is 5.69 Å². The van der Waals surface area contributed by atoms with Crippen LogP contribution in [0.2, 0.25) is 0 Å². The van der Waals surface area contributed by atoms with E-state index in [-0.39, 0.29) is 17.9 Å². The van der Waals surface area contributed by atoms with Crippen LogP contribution in [-0.2, 0) is 9.59 Å². The smallest absolute Gasteiger partial charge is 0.240 e. The minimum absolute atomic E-state index is 0.107. The number of hydrogen-bond acceptors (Lipinski definition) is 4. The molecule has 0 bridgehead atoms. The van der Waals surface area contributed by atoms with Crippen LogP contribution >= 0.6 is 0 Å². The lowest BCUT2D eigenvalue weighted by Gasteiger charge is -2.20. The van der Waals surface area contributed by atoms with Gasteiger partial charge in [-0.1, -0.05) is 12.1 Å². The average molecular weight is 351 g/mol. The topological polar surface area (TPSA) is 71.0 Å².